The van der Waals surface area contributed by atoms with Crippen LogP contribution in [0.1, 0.15) is 11.1 Å². The lowest BCUT2D eigenvalue weighted by Gasteiger charge is -2.07. The van der Waals surface area contributed by atoms with Crippen molar-refractivity contribution in [1.29, 1.82) is 0 Å². The average molecular weight is 291 g/mol. The van der Waals surface area contributed by atoms with E-state index in [4.69, 9.17) is 5.73 Å². The highest BCUT2D eigenvalue weighted by atomic mass is 19.4. The molecule has 0 fully saturated rings. The highest BCUT2D eigenvalue weighted by Gasteiger charge is 2.30. The molecule has 2 aromatic heterocycles. The zero-order valence-electron chi connectivity index (χ0n) is 11.1. The largest absolute Gasteiger partial charge is 0.416 e. The maximum atomic E-state index is 12.8. The van der Waals surface area contributed by atoms with E-state index >= 15 is 0 Å². The average Bonchev–Trinajstić information content (AvgIpc) is 2.82. The fourth-order valence-corrected chi connectivity index (χ4v) is 2.29. The summed E-state index contributed by atoms with van der Waals surface area (Å²) in [5, 5.41) is 0. The van der Waals surface area contributed by atoms with Crippen LogP contribution >= 0.6 is 0 Å². The van der Waals surface area contributed by atoms with Crippen molar-refractivity contribution in [2.75, 3.05) is 5.73 Å². The Bertz CT molecular complexity index is 819. The van der Waals surface area contributed by atoms with Crippen LogP contribution in [0.25, 0.3) is 16.9 Å². The number of aryl methyl sites for hydroxylation is 1. The number of benzene rings is 1. The number of pyridine rings is 1. The summed E-state index contributed by atoms with van der Waals surface area (Å²) in [6.07, 6.45) is -1.00. The summed E-state index contributed by atoms with van der Waals surface area (Å²) in [7, 11) is 0. The SMILES string of the molecule is Cc1cc(N)cn2cc(-c3cccc(C(F)(F)F)c3)nc12. The van der Waals surface area contributed by atoms with Gasteiger partial charge in [0, 0.05) is 23.6 Å². The Kier molecular flexibility index (Phi) is 2.90. The van der Waals surface area contributed by atoms with Crippen molar-refractivity contribution in [2.45, 2.75) is 13.1 Å². The van der Waals surface area contributed by atoms with Crippen molar-refractivity contribution >= 4 is 11.3 Å². The summed E-state index contributed by atoms with van der Waals surface area (Å²) in [5.41, 5.74) is 8.10. The number of imidazole rings is 1. The minimum atomic E-state index is -4.37. The van der Waals surface area contributed by atoms with Gasteiger partial charge in [-0.05, 0) is 30.7 Å². The molecule has 2 heterocycles. The van der Waals surface area contributed by atoms with Gasteiger partial charge in [0.05, 0.1) is 11.3 Å². The molecule has 0 bridgehead atoms. The van der Waals surface area contributed by atoms with Gasteiger partial charge in [0.25, 0.3) is 0 Å². The van der Waals surface area contributed by atoms with Gasteiger partial charge < -0.3 is 10.1 Å². The summed E-state index contributed by atoms with van der Waals surface area (Å²) in [6.45, 7) is 1.86. The fraction of sp³-hybridized carbons (Fsp3) is 0.133. The first-order valence-electron chi connectivity index (χ1n) is 6.27. The summed E-state index contributed by atoms with van der Waals surface area (Å²) < 4.78 is 40.0. The van der Waals surface area contributed by atoms with Gasteiger partial charge in [0.2, 0.25) is 0 Å². The van der Waals surface area contributed by atoms with E-state index in [1.165, 1.54) is 6.07 Å². The lowest BCUT2D eigenvalue weighted by molar-refractivity contribution is -0.137. The van der Waals surface area contributed by atoms with Gasteiger partial charge in [-0.15, -0.1) is 0 Å². The number of nitrogen functional groups attached to an aromatic ring is 1. The van der Waals surface area contributed by atoms with E-state index in [0.717, 1.165) is 17.7 Å². The van der Waals surface area contributed by atoms with E-state index in [0.29, 0.717) is 22.6 Å². The Labute approximate surface area is 118 Å². The molecule has 3 nitrogen and oxygen atoms in total. The zero-order valence-corrected chi connectivity index (χ0v) is 11.1. The third-order valence-corrected chi connectivity index (χ3v) is 3.24. The Morgan fingerprint density at radius 2 is 1.90 bits per heavy atom. The highest BCUT2D eigenvalue weighted by molar-refractivity contribution is 5.66. The molecule has 1 aromatic carbocycles. The standard InChI is InChI=1S/C15H12F3N3/c1-9-5-12(19)7-21-8-13(20-14(9)21)10-3-2-4-11(6-10)15(16,17)18/h2-8H,19H2,1H3. The summed E-state index contributed by atoms with van der Waals surface area (Å²) in [6, 6.07) is 6.90. The molecule has 0 radical (unpaired) electrons. The Hall–Kier alpha value is -2.50. The molecule has 3 rings (SSSR count). The van der Waals surface area contributed by atoms with Gasteiger partial charge in [-0.25, -0.2) is 4.98 Å². The highest BCUT2D eigenvalue weighted by Crippen LogP contribution is 2.32. The van der Waals surface area contributed by atoms with Crippen LogP contribution in [-0.4, -0.2) is 9.38 Å². The topological polar surface area (TPSA) is 43.3 Å². The summed E-state index contributed by atoms with van der Waals surface area (Å²) in [5.74, 6) is 0. The molecule has 3 aromatic rings. The number of nitrogens with zero attached hydrogens (tertiary/aromatic N) is 2. The maximum absolute atomic E-state index is 12.8. The molecular weight excluding hydrogens is 279 g/mol. The van der Waals surface area contributed by atoms with Crippen molar-refractivity contribution in [2.24, 2.45) is 0 Å². The van der Waals surface area contributed by atoms with Crippen LogP contribution in [0.2, 0.25) is 0 Å². The van der Waals surface area contributed by atoms with E-state index in [1.54, 1.807) is 28.9 Å². The van der Waals surface area contributed by atoms with Gasteiger partial charge in [0.15, 0.2) is 0 Å². The molecule has 0 spiro atoms. The quantitative estimate of drug-likeness (QED) is 0.738. The number of fused-ring (bicyclic) bond motifs is 1. The number of halogens is 3. The second kappa shape index (κ2) is 4.51. The third-order valence-electron chi connectivity index (χ3n) is 3.24. The molecule has 21 heavy (non-hydrogen) atoms. The van der Waals surface area contributed by atoms with Crippen molar-refractivity contribution in [3.05, 3.63) is 53.9 Å². The smallest absolute Gasteiger partial charge is 0.398 e. The van der Waals surface area contributed by atoms with Gasteiger partial charge in [-0.2, -0.15) is 13.2 Å². The van der Waals surface area contributed by atoms with Crippen LogP contribution in [0.5, 0.6) is 0 Å². The van der Waals surface area contributed by atoms with Gasteiger partial charge in [-0.1, -0.05) is 12.1 Å². The van der Waals surface area contributed by atoms with E-state index in [9.17, 15) is 13.2 Å². The number of alkyl halides is 3. The molecule has 2 N–H and O–H groups in total. The van der Waals surface area contributed by atoms with Crippen molar-refractivity contribution in [3.8, 4) is 11.3 Å². The lowest BCUT2D eigenvalue weighted by Crippen LogP contribution is -2.04. The number of hydrogen-bond acceptors (Lipinski definition) is 2. The third kappa shape index (κ3) is 2.44. The molecule has 0 aliphatic heterocycles. The molecule has 108 valence electrons. The van der Waals surface area contributed by atoms with Crippen molar-refractivity contribution in [3.63, 3.8) is 0 Å². The molecule has 0 atom stereocenters. The monoisotopic (exact) mass is 291 g/mol. The fourth-order valence-electron chi connectivity index (χ4n) is 2.29. The molecule has 0 aliphatic carbocycles. The lowest BCUT2D eigenvalue weighted by atomic mass is 10.1. The first-order valence-corrected chi connectivity index (χ1v) is 6.27. The first-order chi connectivity index (χ1) is 9.84. The predicted octanol–water partition coefficient (Wildman–Crippen LogP) is 3.91. The van der Waals surface area contributed by atoms with E-state index in [2.05, 4.69) is 4.98 Å². The molecule has 0 amide bonds. The van der Waals surface area contributed by atoms with Crippen LogP contribution < -0.4 is 5.73 Å². The summed E-state index contributed by atoms with van der Waals surface area (Å²) in [4.78, 5) is 4.39. The van der Waals surface area contributed by atoms with Gasteiger partial charge in [-0.3, -0.25) is 0 Å². The normalized spacial score (nSPS) is 12.0. The van der Waals surface area contributed by atoms with Crippen LogP contribution in [-0.2, 0) is 6.18 Å². The van der Waals surface area contributed by atoms with Gasteiger partial charge in [0.1, 0.15) is 5.65 Å². The van der Waals surface area contributed by atoms with E-state index in [1.807, 2.05) is 6.92 Å². The second-order valence-electron chi connectivity index (χ2n) is 4.89. The van der Waals surface area contributed by atoms with E-state index in [-0.39, 0.29) is 0 Å². The molecule has 0 saturated carbocycles. The van der Waals surface area contributed by atoms with Crippen molar-refractivity contribution < 1.29 is 13.2 Å². The minimum absolute atomic E-state index is 0.423. The Morgan fingerprint density at radius 3 is 2.62 bits per heavy atom. The number of nitrogens with two attached hydrogens (primary N) is 1. The number of aromatic nitrogens is 2. The predicted molar refractivity (Wildman–Crippen MR) is 74.8 cm³/mol. The van der Waals surface area contributed by atoms with Crippen LogP contribution in [0, 0.1) is 6.92 Å². The number of rotatable bonds is 1. The summed E-state index contributed by atoms with van der Waals surface area (Å²) >= 11 is 0. The maximum Gasteiger partial charge on any atom is 0.416 e. The molecular formula is C15H12F3N3. The molecule has 6 heteroatoms. The second-order valence-corrected chi connectivity index (χ2v) is 4.89. The van der Waals surface area contributed by atoms with Crippen LogP contribution in [0.4, 0.5) is 18.9 Å². The van der Waals surface area contributed by atoms with Gasteiger partial charge >= 0.3 is 6.18 Å². The first kappa shape index (κ1) is 13.5. The number of anilines is 1. The van der Waals surface area contributed by atoms with Crippen LogP contribution in [0.15, 0.2) is 42.7 Å². The molecule has 0 aliphatic rings. The Balaban J connectivity index is 2.15. The molecule has 0 unspecified atom stereocenters. The number of hydrogen-bond donors (Lipinski definition) is 1. The molecule has 0 saturated heterocycles. The van der Waals surface area contributed by atoms with Crippen molar-refractivity contribution in [1.82, 2.24) is 9.38 Å². The minimum Gasteiger partial charge on any atom is -0.398 e. The Morgan fingerprint density at radius 1 is 1.14 bits per heavy atom. The van der Waals surface area contributed by atoms with Crippen LogP contribution in [0.3, 0.4) is 0 Å². The zero-order chi connectivity index (χ0) is 15.2. The van der Waals surface area contributed by atoms with E-state index < -0.39 is 11.7 Å².